The molecule has 1 aromatic rings. The molecule has 60 valence electrons. The van der Waals surface area contributed by atoms with Crippen molar-refractivity contribution in [1.29, 1.82) is 10.5 Å². The number of aromatic nitrogens is 1. The number of rotatable bonds is 2. The van der Waals surface area contributed by atoms with Gasteiger partial charge in [0.1, 0.15) is 17.8 Å². The minimum Gasteiger partial charge on any atom is -0.338 e. The molecule has 0 aromatic carbocycles. The van der Waals surface area contributed by atoms with Crippen LogP contribution in [0.2, 0.25) is 0 Å². The molecule has 0 atom stereocenters. The van der Waals surface area contributed by atoms with Crippen LogP contribution in [0.5, 0.6) is 0 Å². The second-order valence-corrected chi connectivity index (χ2v) is 2.53. The highest BCUT2D eigenvalue weighted by Gasteiger charge is 2.02. The molecule has 0 saturated heterocycles. The topological polar surface area (TPSA) is 52.5 Å². The molecule has 0 aliphatic rings. The molecule has 0 unspecified atom stereocenters. The number of nitrogens with zero attached hydrogens (tertiary/aromatic N) is 3. The first-order valence-electron chi connectivity index (χ1n) is 3.82. The van der Waals surface area contributed by atoms with Crippen LogP contribution in [0.1, 0.15) is 24.6 Å². The van der Waals surface area contributed by atoms with Crippen molar-refractivity contribution in [3.63, 3.8) is 0 Å². The Morgan fingerprint density at radius 1 is 1.42 bits per heavy atom. The molecule has 0 spiro atoms. The summed E-state index contributed by atoms with van der Waals surface area (Å²) < 4.78 is 1.80. The standard InChI is InChI=1S/C9H9N3/c1-2-3-12-7-8(5-10)4-9(12)6-11/h4,7H,2-3H2,1H3. The van der Waals surface area contributed by atoms with Gasteiger partial charge in [-0.05, 0) is 12.5 Å². The number of hydrogen-bond acceptors (Lipinski definition) is 2. The fraction of sp³-hybridized carbons (Fsp3) is 0.333. The van der Waals surface area contributed by atoms with Crippen molar-refractivity contribution in [2.45, 2.75) is 19.9 Å². The van der Waals surface area contributed by atoms with Crippen molar-refractivity contribution >= 4 is 0 Å². The molecule has 0 amide bonds. The van der Waals surface area contributed by atoms with Gasteiger partial charge in [0.2, 0.25) is 0 Å². The second-order valence-electron chi connectivity index (χ2n) is 2.53. The van der Waals surface area contributed by atoms with Crippen molar-refractivity contribution in [3.8, 4) is 12.1 Å². The van der Waals surface area contributed by atoms with Gasteiger partial charge in [-0.2, -0.15) is 10.5 Å². The van der Waals surface area contributed by atoms with Gasteiger partial charge in [-0.25, -0.2) is 0 Å². The van der Waals surface area contributed by atoms with Gasteiger partial charge >= 0.3 is 0 Å². The Labute approximate surface area is 71.5 Å². The summed E-state index contributed by atoms with van der Waals surface area (Å²) in [5, 5.41) is 17.2. The summed E-state index contributed by atoms with van der Waals surface area (Å²) >= 11 is 0. The van der Waals surface area contributed by atoms with Crippen molar-refractivity contribution in [2.75, 3.05) is 0 Å². The van der Waals surface area contributed by atoms with Crippen LogP contribution in [-0.2, 0) is 6.54 Å². The predicted octanol–water partition coefficient (Wildman–Crippen LogP) is 1.64. The molecule has 1 rings (SSSR count). The molecule has 0 fully saturated rings. The highest BCUT2D eigenvalue weighted by atomic mass is 15.0. The highest BCUT2D eigenvalue weighted by Crippen LogP contribution is 2.07. The Kier molecular flexibility index (Phi) is 2.50. The third-order valence-electron chi connectivity index (χ3n) is 1.60. The average molecular weight is 159 g/mol. The third-order valence-corrected chi connectivity index (χ3v) is 1.60. The molecule has 0 N–H and O–H groups in total. The van der Waals surface area contributed by atoms with Crippen molar-refractivity contribution in [1.82, 2.24) is 4.57 Å². The molecule has 0 bridgehead atoms. The van der Waals surface area contributed by atoms with Crippen LogP contribution in [0.15, 0.2) is 12.3 Å². The van der Waals surface area contributed by atoms with Crippen molar-refractivity contribution < 1.29 is 0 Å². The van der Waals surface area contributed by atoms with E-state index in [-0.39, 0.29) is 0 Å². The van der Waals surface area contributed by atoms with Gasteiger partial charge in [0.15, 0.2) is 0 Å². The largest absolute Gasteiger partial charge is 0.338 e. The summed E-state index contributed by atoms with van der Waals surface area (Å²) in [6, 6.07) is 5.66. The lowest BCUT2D eigenvalue weighted by molar-refractivity contribution is 0.675. The van der Waals surface area contributed by atoms with Crippen LogP contribution in [0, 0.1) is 22.7 Å². The van der Waals surface area contributed by atoms with Gasteiger partial charge < -0.3 is 4.57 Å². The highest BCUT2D eigenvalue weighted by molar-refractivity contribution is 5.35. The average Bonchev–Trinajstić information content (AvgIpc) is 2.48. The van der Waals surface area contributed by atoms with Crippen LogP contribution >= 0.6 is 0 Å². The van der Waals surface area contributed by atoms with Crippen LogP contribution in [0.3, 0.4) is 0 Å². The van der Waals surface area contributed by atoms with E-state index < -0.39 is 0 Å². The zero-order valence-corrected chi connectivity index (χ0v) is 6.91. The SMILES string of the molecule is CCCn1cc(C#N)cc1C#N. The van der Waals surface area contributed by atoms with E-state index in [1.54, 1.807) is 16.8 Å². The van der Waals surface area contributed by atoms with Crippen LogP contribution < -0.4 is 0 Å². The molecule has 0 aliphatic heterocycles. The summed E-state index contributed by atoms with van der Waals surface area (Å²) in [5.74, 6) is 0. The van der Waals surface area contributed by atoms with Crippen LogP contribution in [-0.4, -0.2) is 4.57 Å². The minimum absolute atomic E-state index is 0.556. The maximum Gasteiger partial charge on any atom is 0.121 e. The molecule has 1 aromatic heterocycles. The normalized spacial score (nSPS) is 8.92. The van der Waals surface area contributed by atoms with Crippen molar-refractivity contribution in [2.24, 2.45) is 0 Å². The predicted molar refractivity (Wildman–Crippen MR) is 44.2 cm³/mol. The Bertz CT molecular complexity index is 349. The molecule has 3 nitrogen and oxygen atoms in total. The Hall–Kier alpha value is -1.74. The number of hydrogen-bond donors (Lipinski definition) is 0. The first kappa shape index (κ1) is 8.36. The van der Waals surface area contributed by atoms with Crippen molar-refractivity contribution in [3.05, 3.63) is 23.5 Å². The second kappa shape index (κ2) is 3.59. The first-order chi connectivity index (χ1) is 5.81. The fourth-order valence-electron chi connectivity index (χ4n) is 1.09. The summed E-state index contributed by atoms with van der Waals surface area (Å²) in [7, 11) is 0. The molecular weight excluding hydrogens is 150 g/mol. The lowest BCUT2D eigenvalue weighted by atomic mass is 10.3. The molecule has 0 saturated carbocycles. The summed E-state index contributed by atoms with van der Waals surface area (Å²) in [6.45, 7) is 2.83. The van der Waals surface area contributed by atoms with Crippen LogP contribution in [0.4, 0.5) is 0 Å². The first-order valence-corrected chi connectivity index (χ1v) is 3.82. The molecule has 0 aliphatic carbocycles. The fourth-order valence-corrected chi connectivity index (χ4v) is 1.09. The third kappa shape index (κ3) is 1.46. The lowest BCUT2D eigenvalue weighted by Crippen LogP contribution is -1.96. The van der Waals surface area contributed by atoms with Gasteiger partial charge in [-0.1, -0.05) is 6.92 Å². The van der Waals surface area contributed by atoms with Gasteiger partial charge in [0.05, 0.1) is 5.56 Å². The van der Waals surface area contributed by atoms with Crippen LogP contribution in [0.25, 0.3) is 0 Å². The van der Waals surface area contributed by atoms with E-state index in [2.05, 4.69) is 0 Å². The van der Waals surface area contributed by atoms with E-state index in [9.17, 15) is 0 Å². The monoisotopic (exact) mass is 159 g/mol. The Balaban J connectivity index is 3.04. The number of aryl methyl sites for hydroxylation is 1. The minimum atomic E-state index is 0.556. The smallest absolute Gasteiger partial charge is 0.121 e. The van der Waals surface area contributed by atoms with E-state index >= 15 is 0 Å². The zero-order valence-electron chi connectivity index (χ0n) is 6.91. The summed E-state index contributed by atoms with van der Waals surface area (Å²) in [4.78, 5) is 0. The van der Waals surface area contributed by atoms with E-state index in [0.29, 0.717) is 11.3 Å². The zero-order chi connectivity index (χ0) is 8.97. The maximum atomic E-state index is 8.67. The van der Waals surface area contributed by atoms with Gasteiger partial charge in [-0.15, -0.1) is 0 Å². The van der Waals surface area contributed by atoms with Gasteiger partial charge in [-0.3, -0.25) is 0 Å². The van der Waals surface area contributed by atoms with E-state index in [1.807, 2.05) is 19.1 Å². The van der Waals surface area contributed by atoms with E-state index in [4.69, 9.17) is 10.5 Å². The van der Waals surface area contributed by atoms with E-state index in [0.717, 1.165) is 13.0 Å². The summed E-state index contributed by atoms with van der Waals surface area (Å²) in [5.41, 5.74) is 1.12. The Morgan fingerprint density at radius 3 is 2.67 bits per heavy atom. The lowest BCUT2D eigenvalue weighted by Gasteiger charge is -1.98. The molecule has 12 heavy (non-hydrogen) atoms. The van der Waals surface area contributed by atoms with E-state index in [1.165, 1.54) is 0 Å². The Morgan fingerprint density at radius 2 is 2.17 bits per heavy atom. The van der Waals surface area contributed by atoms with Gasteiger partial charge in [0.25, 0.3) is 0 Å². The quantitative estimate of drug-likeness (QED) is 0.658. The maximum absolute atomic E-state index is 8.67. The number of nitriles is 2. The molecule has 3 heteroatoms. The molecule has 1 heterocycles. The molecule has 0 radical (unpaired) electrons. The summed E-state index contributed by atoms with van der Waals surface area (Å²) in [6.07, 6.45) is 2.68. The van der Waals surface area contributed by atoms with Gasteiger partial charge in [0, 0.05) is 12.7 Å². The molecular formula is C9H9N3.